The van der Waals surface area contributed by atoms with Gasteiger partial charge in [0.05, 0.1) is 9.80 Å². The summed E-state index contributed by atoms with van der Waals surface area (Å²) < 4.78 is 26.5. The summed E-state index contributed by atoms with van der Waals surface area (Å²) >= 11 is 0.862. The van der Waals surface area contributed by atoms with Gasteiger partial charge in [0.15, 0.2) is 0 Å². The molecule has 0 atom stereocenters. The van der Waals surface area contributed by atoms with Crippen molar-refractivity contribution in [2.75, 3.05) is 19.6 Å². The molecule has 0 saturated carbocycles. The average molecular weight is 486 g/mol. The van der Waals surface area contributed by atoms with E-state index in [1.54, 1.807) is 6.08 Å². The Bertz CT molecular complexity index is 1200. The molecule has 2 N–H and O–H groups in total. The van der Waals surface area contributed by atoms with Crippen LogP contribution >= 0.6 is 11.8 Å². The Morgan fingerprint density at radius 3 is 2.39 bits per heavy atom. The van der Waals surface area contributed by atoms with Crippen molar-refractivity contribution in [2.45, 2.75) is 11.8 Å². The molecule has 3 amide bonds. The first-order valence-electron chi connectivity index (χ1n) is 10.0. The Labute approximate surface area is 196 Å². The Hall–Kier alpha value is -3.21. The molecule has 3 rings (SSSR count). The zero-order valence-corrected chi connectivity index (χ0v) is 19.5. The molecule has 10 heteroatoms. The van der Waals surface area contributed by atoms with Gasteiger partial charge in [-0.3, -0.25) is 19.3 Å². The summed E-state index contributed by atoms with van der Waals surface area (Å²) in [5.74, 6) is -0.846. The maximum Gasteiger partial charge on any atom is 0.293 e. The van der Waals surface area contributed by atoms with Crippen molar-refractivity contribution in [1.82, 2.24) is 14.9 Å². The van der Waals surface area contributed by atoms with E-state index in [9.17, 15) is 22.8 Å². The smallest absolute Gasteiger partial charge is 0.293 e. The predicted octanol–water partition coefficient (Wildman–Crippen LogP) is 2.93. The predicted molar refractivity (Wildman–Crippen MR) is 128 cm³/mol. The number of carbonyl (C=O) groups is 3. The van der Waals surface area contributed by atoms with Gasteiger partial charge in [-0.05, 0) is 54.6 Å². The number of sulfonamides is 1. The SMILES string of the molecule is C=CCNS(=O)(=O)c1ccc(C(=O)NCCN2C(=O)SC(=Cc3ccc(C)cc3)C2=O)cc1. The second kappa shape index (κ2) is 10.6. The van der Waals surface area contributed by atoms with E-state index in [0.717, 1.165) is 27.8 Å². The fraction of sp³-hybridized carbons (Fsp3) is 0.174. The van der Waals surface area contributed by atoms with E-state index in [4.69, 9.17) is 0 Å². The third-order valence-electron chi connectivity index (χ3n) is 4.71. The second-order valence-corrected chi connectivity index (χ2v) is 9.93. The molecule has 0 radical (unpaired) electrons. The number of benzene rings is 2. The Balaban J connectivity index is 1.56. The lowest BCUT2D eigenvalue weighted by molar-refractivity contribution is -0.122. The van der Waals surface area contributed by atoms with E-state index >= 15 is 0 Å². The highest BCUT2D eigenvalue weighted by Gasteiger charge is 2.34. The number of hydrogen-bond acceptors (Lipinski definition) is 6. The average Bonchev–Trinajstić information content (AvgIpc) is 3.06. The summed E-state index contributed by atoms with van der Waals surface area (Å²) in [6, 6.07) is 13.0. The molecule has 172 valence electrons. The minimum Gasteiger partial charge on any atom is -0.350 e. The molecule has 2 aromatic rings. The molecule has 1 fully saturated rings. The van der Waals surface area contributed by atoms with E-state index in [1.807, 2.05) is 31.2 Å². The molecule has 2 aromatic carbocycles. The number of aryl methyl sites for hydroxylation is 1. The normalized spacial score (nSPS) is 15.2. The molecule has 0 unspecified atom stereocenters. The van der Waals surface area contributed by atoms with Crippen LogP contribution in [-0.4, -0.2) is 50.0 Å². The van der Waals surface area contributed by atoms with Gasteiger partial charge in [0, 0.05) is 25.2 Å². The first-order chi connectivity index (χ1) is 15.7. The van der Waals surface area contributed by atoms with Gasteiger partial charge >= 0.3 is 0 Å². The molecular weight excluding hydrogens is 462 g/mol. The van der Waals surface area contributed by atoms with Crippen molar-refractivity contribution in [1.29, 1.82) is 0 Å². The zero-order chi connectivity index (χ0) is 24.0. The van der Waals surface area contributed by atoms with Crippen LogP contribution in [-0.2, 0) is 14.8 Å². The minimum atomic E-state index is -3.68. The van der Waals surface area contributed by atoms with Crippen LogP contribution in [0, 0.1) is 6.92 Å². The van der Waals surface area contributed by atoms with Gasteiger partial charge in [0.25, 0.3) is 17.1 Å². The highest BCUT2D eigenvalue weighted by atomic mass is 32.2. The standard InChI is InChI=1S/C23H23N3O5S2/c1-3-12-25-33(30,31)19-10-8-18(9-11-19)21(27)24-13-14-26-22(28)20(32-23(26)29)15-17-6-4-16(2)5-7-17/h3-11,15,25H,1,12-14H2,2H3,(H,24,27). The van der Waals surface area contributed by atoms with Crippen LogP contribution in [0.1, 0.15) is 21.5 Å². The highest BCUT2D eigenvalue weighted by molar-refractivity contribution is 8.18. The minimum absolute atomic E-state index is 0.0269. The van der Waals surface area contributed by atoms with Gasteiger partial charge in [0.1, 0.15) is 0 Å². The summed E-state index contributed by atoms with van der Waals surface area (Å²) in [5.41, 5.74) is 2.17. The Kier molecular flexibility index (Phi) is 7.85. The number of rotatable bonds is 9. The van der Waals surface area contributed by atoms with Gasteiger partial charge in [-0.1, -0.05) is 35.9 Å². The van der Waals surface area contributed by atoms with Crippen LogP contribution in [0.5, 0.6) is 0 Å². The summed E-state index contributed by atoms with van der Waals surface area (Å²) in [6.45, 7) is 5.61. The maximum atomic E-state index is 12.6. The van der Waals surface area contributed by atoms with Gasteiger partial charge in [-0.15, -0.1) is 6.58 Å². The van der Waals surface area contributed by atoms with Crippen molar-refractivity contribution >= 4 is 44.9 Å². The molecule has 0 aliphatic carbocycles. The molecule has 33 heavy (non-hydrogen) atoms. The fourth-order valence-electron chi connectivity index (χ4n) is 2.93. The molecule has 0 spiro atoms. The number of nitrogens with zero attached hydrogens (tertiary/aromatic N) is 1. The number of nitrogens with one attached hydrogen (secondary N) is 2. The Morgan fingerprint density at radius 2 is 1.76 bits per heavy atom. The number of amides is 3. The first kappa shape index (κ1) is 24.4. The molecule has 1 aliphatic heterocycles. The quantitative estimate of drug-likeness (QED) is 0.417. The summed E-state index contributed by atoms with van der Waals surface area (Å²) in [6.07, 6.45) is 3.09. The van der Waals surface area contributed by atoms with Crippen LogP contribution in [0.15, 0.2) is 71.0 Å². The van der Waals surface area contributed by atoms with Gasteiger partial charge in [-0.2, -0.15) is 0 Å². The molecule has 1 aliphatic rings. The van der Waals surface area contributed by atoms with Crippen LogP contribution in [0.3, 0.4) is 0 Å². The lowest BCUT2D eigenvalue weighted by atomic mass is 10.1. The third-order valence-corrected chi connectivity index (χ3v) is 7.06. The molecule has 1 heterocycles. The fourth-order valence-corrected chi connectivity index (χ4v) is 4.79. The van der Waals surface area contributed by atoms with E-state index < -0.39 is 27.1 Å². The van der Waals surface area contributed by atoms with E-state index in [0.29, 0.717) is 4.91 Å². The topological polar surface area (TPSA) is 113 Å². The zero-order valence-electron chi connectivity index (χ0n) is 17.9. The van der Waals surface area contributed by atoms with E-state index in [-0.39, 0.29) is 30.1 Å². The largest absolute Gasteiger partial charge is 0.350 e. The number of carbonyl (C=O) groups excluding carboxylic acids is 3. The van der Waals surface area contributed by atoms with Gasteiger partial charge in [-0.25, -0.2) is 13.1 Å². The third kappa shape index (κ3) is 6.19. The maximum absolute atomic E-state index is 12.6. The molecule has 8 nitrogen and oxygen atoms in total. The molecule has 0 aromatic heterocycles. The van der Waals surface area contributed by atoms with Crippen LogP contribution in [0.25, 0.3) is 6.08 Å². The van der Waals surface area contributed by atoms with Crippen molar-refractivity contribution in [3.63, 3.8) is 0 Å². The molecule has 0 bridgehead atoms. The van der Waals surface area contributed by atoms with Crippen molar-refractivity contribution in [2.24, 2.45) is 0 Å². The highest BCUT2D eigenvalue weighted by Crippen LogP contribution is 2.31. The Morgan fingerprint density at radius 1 is 1.09 bits per heavy atom. The molecular formula is C23H23N3O5S2. The van der Waals surface area contributed by atoms with Crippen LogP contribution in [0.4, 0.5) is 4.79 Å². The summed E-state index contributed by atoms with van der Waals surface area (Å²) in [4.78, 5) is 38.6. The van der Waals surface area contributed by atoms with Crippen molar-refractivity contribution in [3.05, 3.63) is 82.8 Å². The van der Waals surface area contributed by atoms with Crippen LogP contribution < -0.4 is 10.0 Å². The summed E-state index contributed by atoms with van der Waals surface area (Å²) in [7, 11) is -3.68. The van der Waals surface area contributed by atoms with E-state index in [2.05, 4.69) is 16.6 Å². The van der Waals surface area contributed by atoms with Gasteiger partial charge in [0.2, 0.25) is 10.0 Å². The lowest BCUT2D eigenvalue weighted by Gasteiger charge is -2.13. The van der Waals surface area contributed by atoms with Crippen LogP contribution in [0.2, 0.25) is 0 Å². The number of thioether (sulfide) groups is 1. The lowest BCUT2D eigenvalue weighted by Crippen LogP contribution is -2.37. The van der Waals surface area contributed by atoms with Crippen molar-refractivity contribution in [3.8, 4) is 0 Å². The first-order valence-corrected chi connectivity index (χ1v) is 12.3. The molecule has 1 saturated heterocycles. The van der Waals surface area contributed by atoms with Gasteiger partial charge < -0.3 is 5.32 Å². The monoisotopic (exact) mass is 485 g/mol. The second-order valence-electron chi connectivity index (χ2n) is 7.16. The van der Waals surface area contributed by atoms with Crippen molar-refractivity contribution < 1.29 is 22.8 Å². The van der Waals surface area contributed by atoms with E-state index in [1.165, 1.54) is 30.3 Å². The number of imide groups is 1. The summed E-state index contributed by atoms with van der Waals surface area (Å²) in [5, 5.41) is 2.24. The number of hydrogen-bond donors (Lipinski definition) is 2.